The number of carbonyl (C=O) groups is 1. The average Bonchev–Trinajstić information content (AvgIpc) is 2.47. The molecule has 0 saturated carbocycles. The average molecular weight is 326 g/mol. The minimum absolute atomic E-state index is 0.0561. The normalized spacial score (nSPS) is 11.1. The van der Waals surface area contributed by atoms with E-state index in [4.69, 9.17) is 11.6 Å². The van der Waals surface area contributed by atoms with Crippen LogP contribution in [-0.4, -0.2) is 25.9 Å². The Hall–Kier alpha value is -1.96. The van der Waals surface area contributed by atoms with Gasteiger partial charge in [0.1, 0.15) is 10.0 Å². The molecular weight excluding hydrogens is 314 g/mol. The lowest BCUT2D eigenvalue weighted by atomic mass is 10.3. The summed E-state index contributed by atoms with van der Waals surface area (Å²) in [5.74, 6) is -0.466. The molecule has 8 heteroatoms. The minimum atomic E-state index is -3.80. The van der Waals surface area contributed by atoms with Crippen molar-refractivity contribution in [2.45, 2.75) is 4.90 Å². The number of anilines is 1. The Morgan fingerprint density at radius 1 is 1.14 bits per heavy atom. The van der Waals surface area contributed by atoms with Crippen molar-refractivity contribution in [1.82, 2.24) is 9.71 Å². The lowest BCUT2D eigenvalue weighted by molar-refractivity contribution is -0.115. The number of amides is 1. The number of benzene rings is 1. The second-order valence-corrected chi connectivity index (χ2v) is 6.21. The highest BCUT2D eigenvalue weighted by molar-refractivity contribution is 7.89. The fraction of sp³-hybridized carbons (Fsp3) is 0.0769. The van der Waals surface area contributed by atoms with Crippen LogP contribution in [0.1, 0.15) is 0 Å². The molecule has 1 heterocycles. The summed E-state index contributed by atoms with van der Waals surface area (Å²) < 4.78 is 26.0. The van der Waals surface area contributed by atoms with Crippen LogP contribution in [0.15, 0.2) is 53.6 Å². The van der Waals surface area contributed by atoms with Gasteiger partial charge in [-0.15, -0.1) is 0 Å². The molecule has 0 spiro atoms. The third-order valence-electron chi connectivity index (χ3n) is 2.49. The summed E-state index contributed by atoms with van der Waals surface area (Å²) in [6.45, 7) is -0.375. The zero-order valence-electron chi connectivity index (χ0n) is 10.8. The fourth-order valence-electron chi connectivity index (χ4n) is 1.49. The van der Waals surface area contributed by atoms with E-state index in [1.54, 1.807) is 24.3 Å². The van der Waals surface area contributed by atoms with Gasteiger partial charge in [-0.05, 0) is 24.3 Å². The number of hydrogen-bond donors (Lipinski definition) is 2. The summed E-state index contributed by atoms with van der Waals surface area (Å²) in [5, 5.41) is 2.76. The molecule has 0 aliphatic rings. The summed E-state index contributed by atoms with van der Waals surface area (Å²) in [7, 11) is -3.80. The van der Waals surface area contributed by atoms with E-state index < -0.39 is 15.9 Å². The van der Waals surface area contributed by atoms with Gasteiger partial charge >= 0.3 is 0 Å². The largest absolute Gasteiger partial charge is 0.325 e. The van der Waals surface area contributed by atoms with Crippen LogP contribution in [-0.2, 0) is 14.8 Å². The van der Waals surface area contributed by atoms with Crippen molar-refractivity contribution in [2.75, 3.05) is 11.9 Å². The van der Waals surface area contributed by atoms with Crippen LogP contribution in [0, 0.1) is 0 Å². The Morgan fingerprint density at radius 3 is 2.48 bits per heavy atom. The molecule has 2 aromatic rings. The molecule has 0 bridgehead atoms. The molecule has 1 aromatic heterocycles. The van der Waals surface area contributed by atoms with Crippen LogP contribution in [0.25, 0.3) is 0 Å². The molecule has 2 N–H and O–H groups in total. The maximum atomic E-state index is 11.9. The van der Waals surface area contributed by atoms with Crippen LogP contribution in [0.4, 0.5) is 5.69 Å². The van der Waals surface area contributed by atoms with Crippen LogP contribution >= 0.6 is 11.6 Å². The lowest BCUT2D eigenvalue weighted by Crippen LogP contribution is -2.32. The number of hydrogen-bond acceptors (Lipinski definition) is 4. The Kier molecular flexibility index (Phi) is 4.89. The second-order valence-electron chi connectivity index (χ2n) is 4.06. The van der Waals surface area contributed by atoms with Crippen LogP contribution in [0.2, 0.25) is 5.15 Å². The molecule has 2 rings (SSSR count). The zero-order valence-corrected chi connectivity index (χ0v) is 12.4. The van der Waals surface area contributed by atoms with Gasteiger partial charge < -0.3 is 5.32 Å². The summed E-state index contributed by atoms with van der Waals surface area (Å²) in [6, 6.07) is 11.4. The Morgan fingerprint density at radius 2 is 1.86 bits per heavy atom. The van der Waals surface area contributed by atoms with Gasteiger partial charge in [-0.3, -0.25) is 4.79 Å². The van der Waals surface area contributed by atoms with Crippen molar-refractivity contribution in [3.63, 3.8) is 0 Å². The van der Waals surface area contributed by atoms with Gasteiger partial charge in [0, 0.05) is 11.9 Å². The molecule has 0 saturated heterocycles. The first-order valence-corrected chi connectivity index (χ1v) is 7.79. The van der Waals surface area contributed by atoms with E-state index in [0.29, 0.717) is 5.69 Å². The molecule has 1 amide bonds. The molecular formula is C13H12ClN3O3S. The molecule has 0 atom stereocenters. The van der Waals surface area contributed by atoms with E-state index in [-0.39, 0.29) is 16.6 Å². The highest BCUT2D eigenvalue weighted by Gasteiger charge is 2.15. The van der Waals surface area contributed by atoms with Crippen molar-refractivity contribution in [3.8, 4) is 0 Å². The Bertz CT molecular complexity index is 718. The van der Waals surface area contributed by atoms with Crippen molar-refractivity contribution in [1.29, 1.82) is 0 Å². The zero-order chi connectivity index (χ0) is 15.3. The SMILES string of the molecule is O=C(CNS(=O)(=O)c1ccc(Cl)nc1)Nc1ccccc1. The van der Waals surface area contributed by atoms with E-state index in [2.05, 4.69) is 15.0 Å². The first-order valence-electron chi connectivity index (χ1n) is 5.93. The van der Waals surface area contributed by atoms with Crippen molar-refractivity contribution >= 4 is 33.2 Å². The van der Waals surface area contributed by atoms with E-state index in [0.717, 1.165) is 6.20 Å². The fourth-order valence-corrected chi connectivity index (χ4v) is 2.53. The number of carbonyl (C=O) groups excluding carboxylic acids is 1. The summed E-state index contributed by atoms with van der Waals surface area (Å²) in [5.41, 5.74) is 0.592. The van der Waals surface area contributed by atoms with Crippen LogP contribution < -0.4 is 10.0 Å². The third kappa shape index (κ3) is 4.52. The maximum absolute atomic E-state index is 11.9. The molecule has 1 aromatic carbocycles. The highest BCUT2D eigenvalue weighted by Crippen LogP contribution is 2.10. The predicted molar refractivity (Wildman–Crippen MR) is 79.5 cm³/mol. The topological polar surface area (TPSA) is 88.2 Å². The maximum Gasteiger partial charge on any atom is 0.242 e. The summed E-state index contributed by atoms with van der Waals surface area (Å²) in [4.78, 5) is 15.3. The van der Waals surface area contributed by atoms with Gasteiger partial charge in [-0.2, -0.15) is 0 Å². The van der Waals surface area contributed by atoms with E-state index in [1.807, 2.05) is 6.07 Å². The number of para-hydroxylation sites is 1. The molecule has 0 fully saturated rings. The summed E-state index contributed by atoms with van der Waals surface area (Å²) in [6.07, 6.45) is 1.12. The number of nitrogens with zero attached hydrogens (tertiary/aromatic N) is 1. The van der Waals surface area contributed by atoms with Crippen molar-refractivity contribution in [2.24, 2.45) is 0 Å². The van der Waals surface area contributed by atoms with E-state index >= 15 is 0 Å². The molecule has 0 aliphatic carbocycles. The number of nitrogens with one attached hydrogen (secondary N) is 2. The van der Waals surface area contributed by atoms with E-state index in [9.17, 15) is 13.2 Å². The Labute approximate surface area is 127 Å². The van der Waals surface area contributed by atoms with E-state index in [1.165, 1.54) is 12.1 Å². The molecule has 110 valence electrons. The van der Waals surface area contributed by atoms with Gasteiger partial charge in [0.2, 0.25) is 15.9 Å². The van der Waals surface area contributed by atoms with Crippen LogP contribution in [0.5, 0.6) is 0 Å². The van der Waals surface area contributed by atoms with Crippen LogP contribution in [0.3, 0.4) is 0 Å². The number of rotatable bonds is 5. The number of halogens is 1. The smallest absolute Gasteiger partial charge is 0.242 e. The van der Waals surface area contributed by atoms with Gasteiger partial charge in [0.15, 0.2) is 0 Å². The van der Waals surface area contributed by atoms with Gasteiger partial charge in [-0.1, -0.05) is 29.8 Å². The van der Waals surface area contributed by atoms with Crippen molar-refractivity contribution < 1.29 is 13.2 Å². The number of pyridine rings is 1. The predicted octanol–water partition coefficient (Wildman–Crippen LogP) is 1.65. The molecule has 21 heavy (non-hydrogen) atoms. The first kappa shape index (κ1) is 15.4. The van der Waals surface area contributed by atoms with Crippen molar-refractivity contribution in [3.05, 3.63) is 53.8 Å². The van der Waals surface area contributed by atoms with Gasteiger partial charge in [0.05, 0.1) is 6.54 Å². The second kappa shape index (κ2) is 6.66. The lowest BCUT2D eigenvalue weighted by Gasteiger charge is -2.07. The Balaban J connectivity index is 1.95. The highest BCUT2D eigenvalue weighted by atomic mass is 35.5. The standard InChI is InChI=1S/C13H12ClN3O3S/c14-12-7-6-11(8-15-12)21(19,20)16-9-13(18)17-10-4-2-1-3-5-10/h1-8,16H,9H2,(H,17,18). The monoisotopic (exact) mass is 325 g/mol. The van der Waals surface area contributed by atoms with Gasteiger partial charge in [0.25, 0.3) is 0 Å². The summed E-state index contributed by atoms with van der Waals surface area (Å²) >= 11 is 5.59. The third-order valence-corrected chi connectivity index (χ3v) is 4.10. The molecule has 0 unspecified atom stereocenters. The number of sulfonamides is 1. The minimum Gasteiger partial charge on any atom is -0.325 e. The van der Waals surface area contributed by atoms with Gasteiger partial charge in [-0.25, -0.2) is 18.1 Å². The molecule has 0 radical (unpaired) electrons. The molecule has 0 aliphatic heterocycles. The quantitative estimate of drug-likeness (QED) is 0.818. The first-order chi connectivity index (χ1) is 9.97. The number of aromatic nitrogens is 1. The molecule has 6 nitrogen and oxygen atoms in total.